The molecule has 0 radical (unpaired) electrons. The van der Waals surface area contributed by atoms with E-state index in [2.05, 4.69) is 11.8 Å². The molecule has 5 nitrogen and oxygen atoms in total. The van der Waals surface area contributed by atoms with Crippen LogP contribution in [-0.4, -0.2) is 29.7 Å². The molecule has 0 bridgehead atoms. The van der Waals surface area contributed by atoms with Crippen LogP contribution in [0.5, 0.6) is 0 Å². The third-order valence-corrected chi connectivity index (χ3v) is 4.99. The van der Waals surface area contributed by atoms with Crippen LogP contribution in [0.1, 0.15) is 57.8 Å². The van der Waals surface area contributed by atoms with Gasteiger partial charge < -0.3 is 15.6 Å². The fourth-order valence-electron chi connectivity index (χ4n) is 3.48. The Morgan fingerprint density at radius 1 is 1.13 bits per heavy atom. The molecule has 5 heteroatoms. The van der Waals surface area contributed by atoms with Crippen LogP contribution in [0.4, 0.5) is 0 Å². The van der Waals surface area contributed by atoms with E-state index in [9.17, 15) is 9.59 Å². The maximum atomic E-state index is 11.8. The molecule has 0 aromatic carbocycles. The molecule has 0 aliphatic heterocycles. The number of hydrogen-bond donors (Lipinski definition) is 2. The van der Waals surface area contributed by atoms with Gasteiger partial charge in [-0.1, -0.05) is 12.8 Å². The normalized spacial score (nSPS) is 26.7. The zero-order chi connectivity index (χ0) is 16.7. The quantitative estimate of drug-likeness (QED) is 0.386. The van der Waals surface area contributed by atoms with E-state index >= 15 is 0 Å². The number of carbonyl (C=O) groups is 2. The van der Waals surface area contributed by atoms with Gasteiger partial charge in [-0.15, -0.1) is 11.8 Å². The van der Waals surface area contributed by atoms with Crippen molar-refractivity contribution in [2.45, 2.75) is 63.8 Å². The van der Waals surface area contributed by atoms with Crippen molar-refractivity contribution < 1.29 is 19.4 Å². The highest BCUT2D eigenvalue weighted by atomic mass is 16.5. The summed E-state index contributed by atoms with van der Waals surface area (Å²) in [5.74, 6) is 7.20. The van der Waals surface area contributed by atoms with Gasteiger partial charge in [-0.05, 0) is 43.4 Å². The van der Waals surface area contributed by atoms with Gasteiger partial charge in [0.25, 0.3) is 0 Å². The van der Waals surface area contributed by atoms with Crippen molar-refractivity contribution in [2.75, 3.05) is 6.61 Å². The van der Waals surface area contributed by atoms with Crippen molar-refractivity contribution in [1.82, 2.24) is 0 Å². The minimum Gasteiger partial charge on any atom is -0.480 e. The van der Waals surface area contributed by atoms with Crippen molar-refractivity contribution in [3.8, 4) is 11.8 Å². The minimum atomic E-state index is -0.965. The van der Waals surface area contributed by atoms with Crippen LogP contribution in [0.3, 0.4) is 0 Å². The van der Waals surface area contributed by atoms with Crippen LogP contribution in [0, 0.1) is 29.6 Å². The molecule has 3 N–H and O–H groups in total. The van der Waals surface area contributed by atoms with Crippen molar-refractivity contribution in [1.29, 1.82) is 0 Å². The third-order valence-electron chi connectivity index (χ3n) is 4.99. The van der Waals surface area contributed by atoms with Gasteiger partial charge >= 0.3 is 11.9 Å². The second kappa shape index (κ2) is 8.93. The summed E-state index contributed by atoms with van der Waals surface area (Å²) < 4.78 is 5.41. The maximum absolute atomic E-state index is 11.8. The molecule has 2 aliphatic carbocycles. The first-order valence-corrected chi connectivity index (χ1v) is 8.69. The number of esters is 1. The summed E-state index contributed by atoms with van der Waals surface area (Å²) in [6.07, 6.45) is 7.37. The minimum absolute atomic E-state index is 0.136. The second-order valence-corrected chi connectivity index (χ2v) is 6.65. The van der Waals surface area contributed by atoms with E-state index in [0.29, 0.717) is 37.2 Å². The molecule has 1 fully saturated rings. The van der Waals surface area contributed by atoms with Crippen molar-refractivity contribution in [3.63, 3.8) is 0 Å². The topological polar surface area (TPSA) is 89.6 Å². The van der Waals surface area contributed by atoms with E-state index in [1.807, 2.05) is 0 Å². The van der Waals surface area contributed by atoms with E-state index < -0.39 is 12.0 Å². The molecule has 2 unspecified atom stereocenters. The Balaban J connectivity index is 1.50. The van der Waals surface area contributed by atoms with Gasteiger partial charge in [0.05, 0.1) is 6.61 Å². The Labute approximate surface area is 138 Å². The standard InChI is InChI=1S/C18H27NO4/c19-16(18(21)22)10-6-3-7-11-17(20)23-12-15-13-8-4-1-2-5-9-14(13)15/h13-16H,3-12,19H2,(H,21,22)/t13?,14?,15?,16-/m0/s1. The number of carbonyl (C=O) groups excluding carboxylic acids is 1. The van der Waals surface area contributed by atoms with Gasteiger partial charge in [0, 0.05) is 19.3 Å². The lowest BCUT2D eigenvalue weighted by Gasteiger charge is -2.06. The molecule has 3 atom stereocenters. The molecule has 23 heavy (non-hydrogen) atoms. The molecule has 128 valence electrons. The summed E-state index contributed by atoms with van der Waals surface area (Å²) in [5, 5.41) is 8.67. The van der Waals surface area contributed by atoms with Crippen LogP contribution < -0.4 is 5.73 Å². The smallest absolute Gasteiger partial charge is 0.320 e. The van der Waals surface area contributed by atoms with Crippen LogP contribution in [0.15, 0.2) is 0 Å². The molecule has 0 spiro atoms. The van der Waals surface area contributed by atoms with Gasteiger partial charge in [0.15, 0.2) is 0 Å². The summed E-state index contributed by atoms with van der Waals surface area (Å²) in [6, 6.07) is -0.794. The van der Waals surface area contributed by atoms with E-state index in [0.717, 1.165) is 44.9 Å². The molecule has 0 saturated heterocycles. The van der Waals surface area contributed by atoms with Crippen LogP contribution in [0.25, 0.3) is 0 Å². The Morgan fingerprint density at radius 2 is 1.78 bits per heavy atom. The molecule has 2 rings (SSSR count). The molecule has 0 amide bonds. The van der Waals surface area contributed by atoms with Gasteiger partial charge in [-0.25, -0.2) is 0 Å². The number of aliphatic carboxylic acids is 1. The summed E-state index contributed by atoms with van der Waals surface area (Å²) >= 11 is 0. The Kier molecular flexibility index (Phi) is 6.91. The number of fused-ring (bicyclic) bond motifs is 1. The monoisotopic (exact) mass is 321 g/mol. The van der Waals surface area contributed by atoms with Crippen LogP contribution >= 0.6 is 0 Å². The Bertz CT molecular complexity index is 461. The average molecular weight is 321 g/mol. The van der Waals surface area contributed by atoms with E-state index in [1.165, 1.54) is 0 Å². The number of rotatable bonds is 9. The predicted molar refractivity (Wildman–Crippen MR) is 86.4 cm³/mol. The Morgan fingerprint density at radius 3 is 2.39 bits per heavy atom. The third kappa shape index (κ3) is 5.87. The van der Waals surface area contributed by atoms with Gasteiger partial charge in [0.2, 0.25) is 0 Å². The molecular formula is C18H27NO4. The molecular weight excluding hydrogens is 294 g/mol. The zero-order valence-electron chi connectivity index (χ0n) is 13.6. The summed E-state index contributed by atoms with van der Waals surface area (Å²) in [6.45, 7) is 0.554. The fourth-order valence-corrected chi connectivity index (χ4v) is 3.48. The van der Waals surface area contributed by atoms with E-state index in [-0.39, 0.29) is 5.97 Å². The van der Waals surface area contributed by atoms with Crippen LogP contribution in [-0.2, 0) is 14.3 Å². The first-order valence-electron chi connectivity index (χ1n) is 8.69. The number of carboxylic acids is 1. The van der Waals surface area contributed by atoms with Gasteiger partial charge in [-0.2, -0.15) is 0 Å². The molecule has 2 aliphatic rings. The van der Waals surface area contributed by atoms with E-state index in [4.69, 9.17) is 15.6 Å². The fraction of sp³-hybridized carbons (Fsp3) is 0.778. The maximum Gasteiger partial charge on any atom is 0.320 e. The first-order chi connectivity index (χ1) is 11.1. The molecule has 0 aromatic rings. The summed E-state index contributed by atoms with van der Waals surface area (Å²) in [4.78, 5) is 22.3. The van der Waals surface area contributed by atoms with Crippen LogP contribution in [0.2, 0.25) is 0 Å². The molecule has 0 heterocycles. The molecule has 0 aromatic heterocycles. The van der Waals surface area contributed by atoms with Gasteiger partial charge in [0.1, 0.15) is 6.04 Å². The summed E-state index contributed by atoms with van der Waals surface area (Å²) in [5.41, 5.74) is 5.43. The predicted octanol–water partition coefficient (Wildman–Crippen LogP) is 2.33. The van der Waals surface area contributed by atoms with Crippen molar-refractivity contribution in [3.05, 3.63) is 0 Å². The van der Waals surface area contributed by atoms with Gasteiger partial charge in [-0.3, -0.25) is 9.59 Å². The SMILES string of the molecule is N[C@@H](CCCCCC(=O)OCC1C2CCC#CCCC21)C(=O)O. The van der Waals surface area contributed by atoms with E-state index in [1.54, 1.807) is 0 Å². The highest BCUT2D eigenvalue weighted by Gasteiger charge is 2.49. The number of nitrogens with two attached hydrogens (primary N) is 1. The number of unbranched alkanes of at least 4 members (excludes halogenated alkanes) is 2. The molecule has 1 saturated carbocycles. The number of ether oxygens (including phenoxy) is 1. The number of hydrogen-bond acceptors (Lipinski definition) is 4. The average Bonchev–Trinajstić information content (AvgIpc) is 3.14. The lowest BCUT2D eigenvalue weighted by molar-refractivity contribution is -0.144. The number of carboxylic acid groups (broad SMARTS) is 1. The lowest BCUT2D eigenvalue weighted by Crippen LogP contribution is -2.29. The summed E-state index contributed by atoms with van der Waals surface area (Å²) in [7, 11) is 0. The second-order valence-electron chi connectivity index (χ2n) is 6.65. The van der Waals surface area contributed by atoms with Crippen molar-refractivity contribution in [2.24, 2.45) is 23.5 Å². The zero-order valence-corrected chi connectivity index (χ0v) is 13.6. The lowest BCUT2D eigenvalue weighted by atomic mass is 10.1. The highest BCUT2D eigenvalue weighted by molar-refractivity contribution is 5.72. The Hall–Kier alpha value is -1.54. The highest BCUT2D eigenvalue weighted by Crippen LogP contribution is 2.52. The first kappa shape index (κ1) is 17.8. The van der Waals surface area contributed by atoms with Crippen molar-refractivity contribution >= 4 is 11.9 Å². The largest absolute Gasteiger partial charge is 0.480 e.